The summed E-state index contributed by atoms with van der Waals surface area (Å²) in [5.41, 5.74) is 3.43. The van der Waals surface area contributed by atoms with E-state index in [1.807, 2.05) is 46.9 Å². The van der Waals surface area contributed by atoms with E-state index >= 15 is 0 Å². The topological polar surface area (TPSA) is 62.6 Å². The number of imidazole rings is 1. The van der Waals surface area contributed by atoms with Crippen LogP contribution in [0, 0.1) is 0 Å². The highest BCUT2D eigenvalue weighted by Gasteiger charge is 2.14. The lowest BCUT2D eigenvalue weighted by Gasteiger charge is -2.24. The van der Waals surface area contributed by atoms with Crippen LogP contribution in [0.1, 0.15) is 37.0 Å². The Kier molecular flexibility index (Phi) is 9.98. The molecule has 34 heavy (non-hydrogen) atoms. The molecule has 0 fully saturated rings. The summed E-state index contributed by atoms with van der Waals surface area (Å²) in [5.74, 6) is 0.843. The first-order valence-corrected chi connectivity index (χ1v) is 12.0. The molecule has 0 bridgehead atoms. The van der Waals surface area contributed by atoms with Gasteiger partial charge >= 0.3 is 6.03 Å². The van der Waals surface area contributed by atoms with Crippen LogP contribution in [0.25, 0.3) is 0 Å². The van der Waals surface area contributed by atoms with Crippen LogP contribution < -0.4 is 10.1 Å². The number of benzene rings is 2. The molecule has 0 saturated carbocycles. The average Bonchev–Trinajstić information content (AvgIpc) is 3.37. The molecular weight excluding hydrogens is 426 g/mol. The van der Waals surface area contributed by atoms with Crippen molar-refractivity contribution in [3.63, 3.8) is 0 Å². The van der Waals surface area contributed by atoms with Gasteiger partial charge in [-0.2, -0.15) is 0 Å². The third-order valence-corrected chi connectivity index (χ3v) is 5.73. The number of amides is 2. The summed E-state index contributed by atoms with van der Waals surface area (Å²) < 4.78 is 7.58. The van der Waals surface area contributed by atoms with Crippen molar-refractivity contribution < 1.29 is 9.53 Å². The van der Waals surface area contributed by atoms with Crippen LogP contribution >= 0.6 is 0 Å². The molecule has 2 amide bonds. The number of rotatable bonds is 13. The monoisotopic (exact) mass is 463 g/mol. The molecule has 182 valence electrons. The normalized spacial score (nSPS) is 10.9. The van der Waals surface area contributed by atoms with Gasteiger partial charge in [0.1, 0.15) is 5.75 Å². The van der Waals surface area contributed by atoms with Crippen LogP contribution in [-0.4, -0.2) is 52.1 Å². The molecule has 0 aliphatic carbocycles. The number of hydrogen-bond donors (Lipinski definition) is 1. The second kappa shape index (κ2) is 13.4. The van der Waals surface area contributed by atoms with E-state index in [1.54, 1.807) is 12.5 Å². The Balaban J connectivity index is 1.61. The highest BCUT2D eigenvalue weighted by molar-refractivity contribution is 5.74. The summed E-state index contributed by atoms with van der Waals surface area (Å²) in [7, 11) is 2.11. The van der Waals surface area contributed by atoms with Crippen LogP contribution in [-0.2, 0) is 26.2 Å². The van der Waals surface area contributed by atoms with Crippen LogP contribution in [0.5, 0.6) is 5.75 Å². The highest BCUT2D eigenvalue weighted by Crippen LogP contribution is 2.15. The van der Waals surface area contributed by atoms with Crippen molar-refractivity contribution in [3.8, 4) is 5.75 Å². The minimum atomic E-state index is -0.0596. The molecule has 3 rings (SSSR count). The van der Waals surface area contributed by atoms with Crippen LogP contribution in [0.4, 0.5) is 4.79 Å². The predicted octanol–water partition coefficient (Wildman–Crippen LogP) is 4.54. The number of carbonyl (C=O) groups is 1. The van der Waals surface area contributed by atoms with Crippen molar-refractivity contribution in [3.05, 3.63) is 83.9 Å². The maximum Gasteiger partial charge on any atom is 0.317 e. The fourth-order valence-electron chi connectivity index (χ4n) is 3.74. The molecule has 1 N–H and O–H groups in total. The van der Waals surface area contributed by atoms with Gasteiger partial charge in [0.2, 0.25) is 0 Å². The zero-order valence-electron chi connectivity index (χ0n) is 20.6. The number of hydrogen-bond acceptors (Lipinski definition) is 4. The van der Waals surface area contributed by atoms with E-state index < -0.39 is 0 Å². The molecule has 1 heterocycles. The molecule has 0 aliphatic rings. The van der Waals surface area contributed by atoms with Gasteiger partial charge in [0.25, 0.3) is 0 Å². The quantitative estimate of drug-likeness (QED) is 0.404. The Hall–Kier alpha value is -3.32. The Morgan fingerprint density at radius 2 is 1.85 bits per heavy atom. The predicted molar refractivity (Wildman–Crippen MR) is 136 cm³/mol. The number of nitrogens with one attached hydrogen (secondary N) is 1. The molecule has 0 unspecified atom stereocenters. The number of aryl methyl sites for hydroxylation is 1. The van der Waals surface area contributed by atoms with Gasteiger partial charge in [-0.1, -0.05) is 43.3 Å². The summed E-state index contributed by atoms with van der Waals surface area (Å²) >= 11 is 0. The van der Waals surface area contributed by atoms with Crippen molar-refractivity contribution >= 4 is 6.03 Å². The van der Waals surface area contributed by atoms with Crippen molar-refractivity contribution in [2.24, 2.45) is 0 Å². The maximum atomic E-state index is 13.2. The first kappa shape index (κ1) is 25.3. The van der Waals surface area contributed by atoms with Crippen molar-refractivity contribution in [2.75, 3.05) is 26.7 Å². The lowest BCUT2D eigenvalue weighted by Crippen LogP contribution is -2.40. The summed E-state index contributed by atoms with van der Waals surface area (Å²) in [6.07, 6.45) is 6.37. The summed E-state index contributed by atoms with van der Waals surface area (Å²) in [6.45, 7) is 9.18. The third-order valence-electron chi connectivity index (χ3n) is 5.73. The second-order valence-corrected chi connectivity index (χ2v) is 8.46. The van der Waals surface area contributed by atoms with E-state index in [2.05, 4.69) is 53.4 Å². The van der Waals surface area contributed by atoms with Gasteiger partial charge in [-0.15, -0.1) is 0 Å². The third kappa shape index (κ3) is 8.23. The molecule has 7 nitrogen and oxygen atoms in total. The van der Waals surface area contributed by atoms with Crippen molar-refractivity contribution in [2.45, 2.75) is 46.4 Å². The summed E-state index contributed by atoms with van der Waals surface area (Å²) in [6, 6.07) is 16.3. The average molecular weight is 464 g/mol. The molecule has 0 saturated heterocycles. The number of aromatic nitrogens is 2. The van der Waals surface area contributed by atoms with Gasteiger partial charge in [-0.3, -0.25) is 0 Å². The Morgan fingerprint density at radius 1 is 1.06 bits per heavy atom. The van der Waals surface area contributed by atoms with E-state index in [9.17, 15) is 4.79 Å². The smallest absolute Gasteiger partial charge is 0.317 e. The van der Waals surface area contributed by atoms with Gasteiger partial charge < -0.3 is 24.4 Å². The first-order chi connectivity index (χ1) is 16.6. The van der Waals surface area contributed by atoms with E-state index in [-0.39, 0.29) is 6.03 Å². The first-order valence-electron chi connectivity index (χ1n) is 12.0. The summed E-state index contributed by atoms with van der Waals surface area (Å²) in [5, 5.41) is 3.12. The lowest BCUT2D eigenvalue weighted by molar-refractivity contribution is 0.193. The molecule has 3 aromatic rings. The Bertz CT molecular complexity index is 989. The van der Waals surface area contributed by atoms with Crippen LogP contribution in [0.2, 0.25) is 0 Å². The van der Waals surface area contributed by atoms with Crippen LogP contribution in [0.3, 0.4) is 0 Å². The van der Waals surface area contributed by atoms with Gasteiger partial charge in [-0.25, -0.2) is 9.78 Å². The largest absolute Gasteiger partial charge is 0.494 e. The second-order valence-electron chi connectivity index (χ2n) is 8.46. The lowest BCUT2D eigenvalue weighted by atomic mass is 10.1. The highest BCUT2D eigenvalue weighted by atomic mass is 16.5. The molecule has 0 atom stereocenters. The number of nitrogens with zero attached hydrogens (tertiary/aromatic N) is 4. The van der Waals surface area contributed by atoms with E-state index in [0.29, 0.717) is 26.2 Å². The molecule has 0 spiro atoms. The molecule has 7 heteroatoms. The minimum absolute atomic E-state index is 0.0596. The zero-order valence-corrected chi connectivity index (χ0v) is 20.6. The molecule has 1 aromatic heterocycles. The molecule has 2 aromatic carbocycles. The van der Waals surface area contributed by atoms with Gasteiger partial charge in [0.05, 0.1) is 12.9 Å². The number of urea groups is 1. The Labute approximate surface area is 203 Å². The molecular formula is C27H37N5O2. The van der Waals surface area contributed by atoms with E-state index in [4.69, 9.17) is 4.74 Å². The van der Waals surface area contributed by atoms with E-state index in [1.165, 1.54) is 5.56 Å². The summed E-state index contributed by atoms with van der Waals surface area (Å²) in [4.78, 5) is 21.4. The standard InChI is InChI=1S/C27H37N5O2/c1-4-30(3)20-25-9-6-8-24(18-25)19-29-27(33)32(16-7-15-31-17-14-28-22-31)21-23-10-12-26(13-11-23)34-5-2/h6,8-14,17-18,22H,4-5,7,15-16,19-21H2,1-3H3,(H,29,33). The minimum Gasteiger partial charge on any atom is -0.494 e. The van der Waals surface area contributed by atoms with Gasteiger partial charge in [0.15, 0.2) is 0 Å². The molecule has 0 radical (unpaired) electrons. The van der Waals surface area contributed by atoms with Gasteiger partial charge in [0, 0.05) is 45.1 Å². The number of ether oxygens (including phenoxy) is 1. The van der Waals surface area contributed by atoms with Crippen molar-refractivity contribution in [1.82, 2.24) is 24.7 Å². The van der Waals surface area contributed by atoms with Crippen molar-refractivity contribution in [1.29, 1.82) is 0 Å². The SMILES string of the molecule is CCOc1ccc(CN(CCCn2ccnc2)C(=O)NCc2cccc(CN(C)CC)c2)cc1. The zero-order chi connectivity index (χ0) is 24.2. The van der Waals surface area contributed by atoms with Crippen LogP contribution in [0.15, 0.2) is 67.3 Å². The fraction of sp³-hybridized carbons (Fsp3) is 0.407. The van der Waals surface area contributed by atoms with Gasteiger partial charge in [-0.05, 0) is 55.8 Å². The Morgan fingerprint density at radius 3 is 2.56 bits per heavy atom. The number of carbonyl (C=O) groups excluding carboxylic acids is 1. The molecule has 0 aliphatic heterocycles. The van der Waals surface area contributed by atoms with E-state index in [0.717, 1.165) is 42.9 Å². The fourth-order valence-corrected chi connectivity index (χ4v) is 3.74. The maximum absolute atomic E-state index is 13.2.